The van der Waals surface area contributed by atoms with Crippen LogP contribution in [0.2, 0.25) is 0 Å². The molecule has 0 saturated heterocycles. The van der Waals surface area contributed by atoms with Crippen molar-refractivity contribution in [2.45, 2.75) is 19.3 Å². The van der Waals surface area contributed by atoms with Gasteiger partial charge in [0.15, 0.2) is 6.29 Å². The quantitative estimate of drug-likeness (QED) is 0.672. The number of aromatic nitrogens is 1. The molecule has 1 aromatic rings. The number of hydrogen-bond acceptors (Lipinski definition) is 4. The van der Waals surface area contributed by atoms with Crippen LogP contribution in [0.15, 0.2) is 6.07 Å². The first-order chi connectivity index (χ1) is 8.28. The van der Waals surface area contributed by atoms with Crippen molar-refractivity contribution in [3.05, 3.63) is 23.0 Å². The minimum Gasteiger partial charge on any atom is -0.405 e. The zero-order valence-electron chi connectivity index (χ0n) is 8.67. The van der Waals surface area contributed by atoms with Gasteiger partial charge in [0.1, 0.15) is 11.4 Å². The molecule has 0 aliphatic carbocycles. The number of aldehydes is 1. The van der Waals surface area contributed by atoms with Crippen LogP contribution in [0.5, 0.6) is 5.75 Å². The molecule has 0 unspecified atom stereocenters. The Balaban J connectivity index is 3.37. The fraction of sp³-hybridized carbons (Fsp3) is 0.333. The molecule has 0 aliphatic rings. The van der Waals surface area contributed by atoms with Crippen LogP contribution in [0.1, 0.15) is 28.2 Å². The lowest BCUT2D eigenvalue weighted by Gasteiger charge is -2.14. The van der Waals surface area contributed by atoms with Crippen LogP contribution in [-0.2, 0) is 6.54 Å². The number of halogens is 5. The minimum atomic E-state index is -5.11. The second-order valence-electron chi connectivity index (χ2n) is 3.08. The third kappa shape index (κ3) is 3.36. The van der Waals surface area contributed by atoms with Crippen LogP contribution in [0.3, 0.4) is 0 Å². The molecule has 9 heteroatoms. The first-order valence-corrected chi connectivity index (χ1v) is 4.51. The smallest absolute Gasteiger partial charge is 0.405 e. The van der Waals surface area contributed by atoms with Gasteiger partial charge >= 0.3 is 6.36 Å². The van der Waals surface area contributed by atoms with Crippen molar-refractivity contribution in [3.63, 3.8) is 0 Å². The standard InChI is InChI=1S/C9H7F5N2O2/c10-8(11)7-5(3-17)6(18-9(12,13)14)1-4(2-15)16-7/h1,3,8H,2,15H2. The van der Waals surface area contributed by atoms with E-state index in [1.165, 1.54) is 0 Å². The predicted octanol–water partition coefficient (Wildman–Crippen LogP) is 2.19. The number of hydrogen-bond donors (Lipinski definition) is 1. The maximum absolute atomic E-state index is 12.5. The Bertz CT molecular complexity index is 447. The highest BCUT2D eigenvalue weighted by Crippen LogP contribution is 2.31. The predicted molar refractivity (Wildman–Crippen MR) is 49.2 cm³/mol. The normalized spacial score (nSPS) is 11.7. The molecule has 4 nitrogen and oxygen atoms in total. The van der Waals surface area contributed by atoms with Gasteiger partial charge in [0.2, 0.25) is 0 Å². The van der Waals surface area contributed by atoms with Crippen LogP contribution in [0, 0.1) is 0 Å². The largest absolute Gasteiger partial charge is 0.573 e. The number of ether oxygens (including phenoxy) is 1. The number of carbonyl (C=O) groups excluding carboxylic acids is 1. The van der Waals surface area contributed by atoms with Gasteiger partial charge in [0, 0.05) is 12.6 Å². The number of nitrogens with zero attached hydrogens (tertiary/aromatic N) is 1. The molecule has 0 atom stereocenters. The zero-order valence-corrected chi connectivity index (χ0v) is 8.67. The van der Waals surface area contributed by atoms with Crippen molar-refractivity contribution >= 4 is 6.29 Å². The summed E-state index contributed by atoms with van der Waals surface area (Å²) in [7, 11) is 0. The summed E-state index contributed by atoms with van der Waals surface area (Å²) in [5, 5.41) is 0. The summed E-state index contributed by atoms with van der Waals surface area (Å²) in [4.78, 5) is 13.9. The lowest BCUT2D eigenvalue weighted by atomic mass is 10.1. The molecule has 2 N–H and O–H groups in total. The summed E-state index contributed by atoms with van der Waals surface area (Å²) in [6.45, 7) is -0.368. The second-order valence-corrected chi connectivity index (χ2v) is 3.08. The van der Waals surface area contributed by atoms with Crippen LogP contribution >= 0.6 is 0 Å². The molecule has 0 saturated carbocycles. The van der Waals surface area contributed by atoms with Gasteiger partial charge in [0.25, 0.3) is 6.43 Å². The average Bonchev–Trinajstić information content (AvgIpc) is 2.25. The molecule has 1 heterocycles. The van der Waals surface area contributed by atoms with Crippen molar-refractivity contribution in [1.29, 1.82) is 0 Å². The van der Waals surface area contributed by atoms with E-state index in [1.54, 1.807) is 0 Å². The molecule has 18 heavy (non-hydrogen) atoms. The van der Waals surface area contributed by atoms with Gasteiger partial charge in [-0.05, 0) is 0 Å². The highest BCUT2D eigenvalue weighted by molar-refractivity contribution is 5.81. The van der Waals surface area contributed by atoms with Gasteiger partial charge in [0.05, 0.1) is 11.3 Å². The number of carbonyl (C=O) groups is 1. The van der Waals surface area contributed by atoms with Gasteiger partial charge in [-0.15, -0.1) is 13.2 Å². The van der Waals surface area contributed by atoms with Crippen molar-refractivity contribution in [2.75, 3.05) is 0 Å². The Kier molecular flexibility index (Phi) is 4.17. The Morgan fingerprint density at radius 1 is 1.44 bits per heavy atom. The van der Waals surface area contributed by atoms with Gasteiger partial charge < -0.3 is 10.5 Å². The molecule has 1 aromatic heterocycles. The molecule has 0 bridgehead atoms. The molecular formula is C9H7F5N2O2. The first-order valence-electron chi connectivity index (χ1n) is 4.51. The van der Waals surface area contributed by atoms with Gasteiger partial charge in [-0.2, -0.15) is 0 Å². The number of pyridine rings is 1. The number of alkyl halides is 5. The van der Waals surface area contributed by atoms with Crippen molar-refractivity contribution < 1.29 is 31.5 Å². The summed E-state index contributed by atoms with van der Waals surface area (Å²) in [6.07, 6.45) is -8.49. The van der Waals surface area contributed by atoms with Crippen LogP contribution in [0.25, 0.3) is 0 Å². The number of nitrogens with two attached hydrogens (primary N) is 1. The zero-order chi connectivity index (χ0) is 13.9. The van der Waals surface area contributed by atoms with Crippen LogP contribution in [0.4, 0.5) is 22.0 Å². The van der Waals surface area contributed by atoms with Crippen molar-refractivity contribution in [1.82, 2.24) is 4.98 Å². The van der Waals surface area contributed by atoms with Crippen molar-refractivity contribution in [3.8, 4) is 5.75 Å². The van der Waals surface area contributed by atoms with E-state index in [4.69, 9.17) is 5.73 Å². The second kappa shape index (κ2) is 5.25. The Hall–Kier alpha value is -1.77. The van der Waals surface area contributed by atoms with E-state index >= 15 is 0 Å². The van der Waals surface area contributed by atoms with E-state index in [0.717, 1.165) is 0 Å². The van der Waals surface area contributed by atoms with E-state index in [-0.39, 0.29) is 18.5 Å². The lowest BCUT2D eigenvalue weighted by Crippen LogP contribution is -2.19. The molecule has 100 valence electrons. The molecule has 0 aliphatic heterocycles. The van der Waals surface area contributed by atoms with E-state index < -0.39 is 29.8 Å². The maximum Gasteiger partial charge on any atom is 0.573 e. The summed E-state index contributed by atoms with van der Waals surface area (Å²) in [5.41, 5.74) is 2.83. The highest BCUT2D eigenvalue weighted by atomic mass is 19.4. The third-order valence-electron chi connectivity index (χ3n) is 1.86. The third-order valence-corrected chi connectivity index (χ3v) is 1.86. The molecule has 0 amide bonds. The minimum absolute atomic E-state index is 0.171. The van der Waals surface area contributed by atoms with Crippen LogP contribution in [-0.4, -0.2) is 17.6 Å². The molecule has 1 rings (SSSR count). The maximum atomic E-state index is 12.5. The Morgan fingerprint density at radius 3 is 2.44 bits per heavy atom. The summed E-state index contributed by atoms with van der Waals surface area (Å²) in [6, 6.07) is 0.698. The van der Waals surface area contributed by atoms with Gasteiger partial charge in [-0.3, -0.25) is 4.79 Å². The topological polar surface area (TPSA) is 65.2 Å². The highest BCUT2D eigenvalue weighted by Gasteiger charge is 2.33. The number of rotatable bonds is 4. The summed E-state index contributed by atoms with van der Waals surface area (Å²) < 4.78 is 64.7. The first kappa shape index (κ1) is 14.3. The molecule has 0 aromatic carbocycles. The van der Waals surface area contributed by atoms with E-state index in [1.807, 2.05) is 0 Å². The summed E-state index contributed by atoms with van der Waals surface area (Å²) >= 11 is 0. The molecular weight excluding hydrogens is 263 g/mol. The SMILES string of the molecule is NCc1cc(OC(F)(F)F)c(C=O)c(C(F)F)n1. The fourth-order valence-electron chi connectivity index (χ4n) is 1.20. The molecule has 0 fully saturated rings. The van der Waals surface area contributed by atoms with E-state index in [2.05, 4.69) is 9.72 Å². The van der Waals surface area contributed by atoms with E-state index in [0.29, 0.717) is 6.07 Å². The average molecular weight is 270 g/mol. The molecule has 0 radical (unpaired) electrons. The Labute approximate surface area is 97.6 Å². The van der Waals surface area contributed by atoms with Crippen molar-refractivity contribution in [2.24, 2.45) is 5.73 Å². The molecule has 0 spiro atoms. The van der Waals surface area contributed by atoms with E-state index in [9.17, 15) is 26.7 Å². The van der Waals surface area contributed by atoms with Gasteiger partial charge in [-0.1, -0.05) is 0 Å². The lowest BCUT2D eigenvalue weighted by molar-refractivity contribution is -0.274. The fourth-order valence-corrected chi connectivity index (χ4v) is 1.20. The Morgan fingerprint density at radius 2 is 2.06 bits per heavy atom. The monoisotopic (exact) mass is 270 g/mol. The summed E-state index contributed by atoms with van der Waals surface area (Å²) in [5.74, 6) is -1.04. The van der Waals surface area contributed by atoms with Crippen LogP contribution < -0.4 is 10.5 Å². The van der Waals surface area contributed by atoms with Gasteiger partial charge in [-0.25, -0.2) is 13.8 Å².